The van der Waals surface area contributed by atoms with Gasteiger partial charge in [-0.15, -0.1) is 0 Å². The number of benzene rings is 2. The van der Waals surface area contributed by atoms with Gasteiger partial charge in [0, 0.05) is 20.5 Å². The first-order valence-electron chi connectivity index (χ1n) is 8.61. The first kappa shape index (κ1) is 18.3. The SMILES string of the molecule is Clc1cccc(CNC2=Nc3cc(Br)c(Br)cc3NC23CCNCC3)c1. The molecule has 0 bridgehead atoms. The molecule has 1 fully saturated rings. The van der Waals surface area contributed by atoms with E-state index in [0.29, 0.717) is 6.54 Å². The van der Waals surface area contributed by atoms with E-state index in [4.69, 9.17) is 16.6 Å². The number of rotatable bonds is 2. The maximum absolute atomic E-state index is 6.12. The van der Waals surface area contributed by atoms with Gasteiger partial charge in [0.15, 0.2) is 0 Å². The van der Waals surface area contributed by atoms with E-state index in [1.807, 2.05) is 24.3 Å². The lowest BCUT2D eigenvalue weighted by Crippen LogP contribution is -2.58. The third-order valence-electron chi connectivity index (χ3n) is 4.90. The molecular weight excluding hydrogens is 479 g/mol. The molecule has 26 heavy (non-hydrogen) atoms. The Bertz CT molecular complexity index is 863. The number of hydrogen-bond donors (Lipinski definition) is 3. The fraction of sp³-hybridized carbons (Fsp3) is 0.316. The van der Waals surface area contributed by atoms with E-state index in [-0.39, 0.29) is 5.54 Å². The first-order chi connectivity index (χ1) is 12.6. The van der Waals surface area contributed by atoms with Crippen LogP contribution in [0, 0.1) is 0 Å². The molecule has 1 saturated heterocycles. The smallest absolute Gasteiger partial charge is 0.128 e. The minimum Gasteiger partial charge on any atom is -0.371 e. The van der Waals surface area contributed by atoms with E-state index in [0.717, 1.165) is 62.7 Å². The Labute approximate surface area is 175 Å². The predicted molar refractivity (Wildman–Crippen MR) is 116 cm³/mol. The number of aliphatic imine (C=N–C) groups is 1. The van der Waals surface area contributed by atoms with E-state index < -0.39 is 0 Å². The second kappa shape index (κ2) is 7.50. The van der Waals surface area contributed by atoms with Crippen molar-refractivity contribution in [2.45, 2.75) is 24.9 Å². The first-order valence-corrected chi connectivity index (χ1v) is 10.6. The van der Waals surface area contributed by atoms with Crippen molar-refractivity contribution in [3.8, 4) is 0 Å². The Hall–Kier alpha value is -1.08. The number of anilines is 1. The van der Waals surface area contributed by atoms with Crippen LogP contribution in [-0.2, 0) is 6.54 Å². The van der Waals surface area contributed by atoms with Gasteiger partial charge in [-0.2, -0.15) is 0 Å². The Balaban J connectivity index is 1.67. The molecule has 0 aromatic heterocycles. The highest BCUT2D eigenvalue weighted by Crippen LogP contribution is 2.41. The Morgan fingerprint density at radius 3 is 2.65 bits per heavy atom. The van der Waals surface area contributed by atoms with Crippen molar-refractivity contribution in [3.63, 3.8) is 0 Å². The minimum atomic E-state index is -0.163. The summed E-state index contributed by atoms with van der Waals surface area (Å²) in [6, 6.07) is 12.1. The van der Waals surface area contributed by atoms with E-state index in [1.165, 1.54) is 0 Å². The minimum absolute atomic E-state index is 0.163. The molecule has 4 rings (SSSR count). The lowest BCUT2D eigenvalue weighted by molar-refractivity contribution is 0.412. The van der Waals surface area contributed by atoms with Crippen molar-refractivity contribution < 1.29 is 0 Å². The van der Waals surface area contributed by atoms with Crippen molar-refractivity contribution >= 4 is 60.7 Å². The van der Waals surface area contributed by atoms with Gasteiger partial charge in [-0.05, 0) is 87.6 Å². The summed E-state index contributed by atoms with van der Waals surface area (Å²) in [4.78, 5) is 4.99. The molecule has 2 aliphatic rings. The summed E-state index contributed by atoms with van der Waals surface area (Å²) in [5.74, 6) is 1.00. The average Bonchev–Trinajstić information content (AvgIpc) is 2.62. The van der Waals surface area contributed by atoms with Crippen LogP contribution in [0.1, 0.15) is 18.4 Å². The number of piperidine rings is 1. The second-order valence-electron chi connectivity index (χ2n) is 6.68. The summed E-state index contributed by atoms with van der Waals surface area (Å²) >= 11 is 13.3. The van der Waals surface area contributed by atoms with Crippen LogP contribution in [0.5, 0.6) is 0 Å². The van der Waals surface area contributed by atoms with Crippen LogP contribution in [0.15, 0.2) is 50.3 Å². The molecule has 0 atom stereocenters. The summed E-state index contributed by atoms with van der Waals surface area (Å²) in [7, 11) is 0. The van der Waals surface area contributed by atoms with Gasteiger partial charge in [-0.25, -0.2) is 4.99 Å². The van der Waals surface area contributed by atoms with Crippen LogP contribution in [0.4, 0.5) is 11.4 Å². The number of fused-ring (bicyclic) bond motifs is 1. The third kappa shape index (κ3) is 3.65. The Kier molecular flexibility index (Phi) is 5.28. The Morgan fingerprint density at radius 2 is 1.88 bits per heavy atom. The van der Waals surface area contributed by atoms with Crippen LogP contribution < -0.4 is 16.0 Å². The predicted octanol–water partition coefficient (Wildman–Crippen LogP) is 5.23. The number of hydrogen-bond acceptors (Lipinski definition) is 4. The van der Waals surface area contributed by atoms with Gasteiger partial charge in [0.2, 0.25) is 0 Å². The highest BCUT2D eigenvalue weighted by molar-refractivity contribution is 9.13. The summed E-state index contributed by atoms with van der Waals surface area (Å²) in [5.41, 5.74) is 2.99. The summed E-state index contributed by atoms with van der Waals surface area (Å²) < 4.78 is 2.02. The number of nitrogens with one attached hydrogen (secondary N) is 3. The molecule has 3 N–H and O–H groups in total. The quantitative estimate of drug-likeness (QED) is 0.531. The van der Waals surface area contributed by atoms with Crippen molar-refractivity contribution in [2.24, 2.45) is 4.99 Å². The molecule has 0 radical (unpaired) electrons. The van der Waals surface area contributed by atoms with E-state index in [9.17, 15) is 0 Å². The molecule has 0 amide bonds. The van der Waals surface area contributed by atoms with Crippen molar-refractivity contribution in [1.29, 1.82) is 0 Å². The molecular formula is C19H19Br2ClN4. The second-order valence-corrected chi connectivity index (χ2v) is 8.83. The van der Waals surface area contributed by atoms with Crippen LogP contribution in [0.25, 0.3) is 0 Å². The van der Waals surface area contributed by atoms with Gasteiger partial charge in [-0.1, -0.05) is 23.7 Å². The summed E-state index contributed by atoms with van der Waals surface area (Å²) in [5, 5.41) is 11.5. The maximum atomic E-state index is 6.12. The number of nitrogens with zero attached hydrogens (tertiary/aromatic N) is 1. The van der Waals surface area contributed by atoms with Gasteiger partial charge >= 0.3 is 0 Å². The average molecular weight is 499 g/mol. The normalized spacial score (nSPS) is 18.0. The standard InChI is InChI=1S/C19H19Br2ClN4/c20-14-9-16-17(10-15(14)21)26-19(4-6-23-7-5-19)18(25-16)24-11-12-2-1-3-13(22)8-12/h1-3,8-10,23,26H,4-7,11H2,(H,24,25). The lowest BCUT2D eigenvalue weighted by Gasteiger charge is -2.43. The van der Waals surface area contributed by atoms with Gasteiger partial charge in [0.05, 0.1) is 16.9 Å². The van der Waals surface area contributed by atoms with Crippen LogP contribution in [0.3, 0.4) is 0 Å². The maximum Gasteiger partial charge on any atom is 0.128 e. The van der Waals surface area contributed by atoms with Crippen molar-refractivity contribution in [2.75, 3.05) is 18.4 Å². The zero-order valence-electron chi connectivity index (χ0n) is 14.1. The molecule has 2 aromatic carbocycles. The van der Waals surface area contributed by atoms with Gasteiger partial charge in [0.1, 0.15) is 5.84 Å². The fourth-order valence-corrected chi connectivity index (χ4v) is 4.42. The van der Waals surface area contributed by atoms with Crippen LogP contribution in [0.2, 0.25) is 5.02 Å². The molecule has 0 unspecified atom stereocenters. The third-order valence-corrected chi connectivity index (χ3v) is 6.98. The van der Waals surface area contributed by atoms with E-state index in [2.05, 4.69) is 59.9 Å². The summed E-state index contributed by atoms with van der Waals surface area (Å²) in [6.45, 7) is 2.64. The fourth-order valence-electron chi connectivity index (χ4n) is 3.53. The largest absolute Gasteiger partial charge is 0.371 e. The van der Waals surface area contributed by atoms with E-state index in [1.54, 1.807) is 0 Å². The molecule has 0 aliphatic carbocycles. The van der Waals surface area contributed by atoms with E-state index >= 15 is 0 Å². The molecule has 0 saturated carbocycles. The number of halogens is 3. The molecule has 4 nitrogen and oxygen atoms in total. The lowest BCUT2D eigenvalue weighted by atomic mass is 9.85. The van der Waals surface area contributed by atoms with Crippen molar-refractivity contribution in [1.82, 2.24) is 10.6 Å². The topological polar surface area (TPSA) is 48.5 Å². The monoisotopic (exact) mass is 496 g/mol. The molecule has 2 aliphatic heterocycles. The molecule has 136 valence electrons. The van der Waals surface area contributed by atoms with Crippen LogP contribution in [-0.4, -0.2) is 24.5 Å². The van der Waals surface area contributed by atoms with Crippen molar-refractivity contribution in [3.05, 3.63) is 55.9 Å². The van der Waals surface area contributed by atoms with Gasteiger partial charge in [0.25, 0.3) is 0 Å². The summed E-state index contributed by atoms with van der Waals surface area (Å²) in [6.07, 6.45) is 1.98. The highest BCUT2D eigenvalue weighted by atomic mass is 79.9. The molecule has 2 aromatic rings. The number of amidine groups is 1. The molecule has 7 heteroatoms. The van der Waals surface area contributed by atoms with Gasteiger partial charge < -0.3 is 16.0 Å². The Morgan fingerprint density at radius 1 is 1.12 bits per heavy atom. The highest BCUT2D eigenvalue weighted by Gasteiger charge is 2.40. The zero-order chi connectivity index (χ0) is 18.1. The molecule has 2 heterocycles. The molecule has 1 spiro atoms. The zero-order valence-corrected chi connectivity index (χ0v) is 18.0. The van der Waals surface area contributed by atoms with Crippen LogP contribution >= 0.6 is 43.5 Å². The van der Waals surface area contributed by atoms with Gasteiger partial charge in [-0.3, -0.25) is 0 Å².